The van der Waals surface area contributed by atoms with Crippen LogP contribution in [0.2, 0.25) is 0 Å². The first kappa shape index (κ1) is 18.1. The zero-order chi connectivity index (χ0) is 16.9. The Morgan fingerprint density at radius 1 is 1.27 bits per heavy atom. The quantitative estimate of drug-likeness (QED) is 0.510. The zero-order valence-corrected chi connectivity index (χ0v) is 13.8. The topological polar surface area (TPSA) is 87.8 Å². The summed E-state index contributed by atoms with van der Waals surface area (Å²) in [6.07, 6.45) is -0.834. The molecule has 122 valence electrons. The number of ether oxygens (including phenoxy) is 3. The summed E-state index contributed by atoms with van der Waals surface area (Å²) in [5, 5.41) is 0. The minimum Gasteiger partial charge on any atom is -0.492 e. The molecule has 7 heteroatoms. The normalized spacial score (nSPS) is 11.0. The van der Waals surface area contributed by atoms with Gasteiger partial charge in [0.05, 0.1) is 19.4 Å². The van der Waals surface area contributed by atoms with Crippen LogP contribution in [0.3, 0.4) is 0 Å². The van der Waals surface area contributed by atoms with E-state index in [9.17, 15) is 9.59 Å². The number of amides is 1. The number of hydrogen-bond acceptors (Lipinski definition) is 5. The Balaban J connectivity index is 3.11. The van der Waals surface area contributed by atoms with E-state index in [2.05, 4.69) is 0 Å². The van der Waals surface area contributed by atoms with Gasteiger partial charge in [0.2, 0.25) is 5.91 Å². The van der Waals surface area contributed by atoms with Crippen molar-refractivity contribution in [3.05, 3.63) is 23.3 Å². The monoisotopic (exact) mass is 329 g/mol. The standard InChI is InChI=1S/C15H20ClNO5/c1-15(2,3)22-14(19)21-11-6-5-9(7-12(17)18)10(8-16)13(11)20-4/h5-6H,7-8H2,1-4H3,(H2,17,18). The number of carbonyl (C=O) groups is 2. The van der Waals surface area contributed by atoms with Crippen molar-refractivity contribution in [2.75, 3.05) is 7.11 Å². The van der Waals surface area contributed by atoms with Crippen LogP contribution in [0.25, 0.3) is 0 Å². The molecule has 0 saturated carbocycles. The van der Waals surface area contributed by atoms with Crippen LogP contribution in [-0.2, 0) is 21.8 Å². The third-order valence-electron chi connectivity index (χ3n) is 2.61. The van der Waals surface area contributed by atoms with Crippen molar-refractivity contribution in [3.8, 4) is 11.5 Å². The van der Waals surface area contributed by atoms with E-state index >= 15 is 0 Å². The van der Waals surface area contributed by atoms with Gasteiger partial charge in [0.25, 0.3) is 0 Å². The van der Waals surface area contributed by atoms with Crippen molar-refractivity contribution in [3.63, 3.8) is 0 Å². The SMILES string of the molecule is COc1c(OC(=O)OC(C)(C)C)ccc(CC(N)=O)c1CCl. The summed E-state index contributed by atoms with van der Waals surface area (Å²) >= 11 is 5.91. The second kappa shape index (κ2) is 7.35. The molecule has 0 aliphatic heterocycles. The van der Waals surface area contributed by atoms with Crippen molar-refractivity contribution in [1.82, 2.24) is 0 Å². The molecule has 0 radical (unpaired) electrons. The molecule has 1 aromatic rings. The first-order valence-electron chi connectivity index (χ1n) is 6.61. The average molecular weight is 330 g/mol. The second-order valence-corrected chi connectivity index (χ2v) is 5.85. The minimum atomic E-state index is -0.853. The van der Waals surface area contributed by atoms with E-state index in [1.54, 1.807) is 26.8 Å². The first-order valence-corrected chi connectivity index (χ1v) is 7.15. The number of halogens is 1. The molecular formula is C15H20ClNO5. The van der Waals surface area contributed by atoms with Gasteiger partial charge in [-0.15, -0.1) is 11.6 Å². The van der Waals surface area contributed by atoms with Gasteiger partial charge in [-0.1, -0.05) is 6.07 Å². The third kappa shape index (κ3) is 5.11. The maximum absolute atomic E-state index is 11.8. The van der Waals surface area contributed by atoms with Gasteiger partial charge in [0, 0.05) is 5.56 Å². The van der Waals surface area contributed by atoms with Crippen molar-refractivity contribution in [2.45, 2.75) is 38.7 Å². The lowest BCUT2D eigenvalue weighted by atomic mass is 10.0. The van der Waals surface area contributed by atoms with Crippen LogP contribution >= 0.6 is 11.6 Å². The molecule has 0 atom stereocenters. The van der Waals surface area contributed by atoms with Crippen LogP contribution in [0.1, 0.15) is 31.9 Å². The van der Waals surface area contributed by atoms with Gasteiger partial charge < -0.3 is 19.9 Å². The summed E-state index contributed by atoms with van der Waals surface area (Å²) in [6.45, 7) is 5.18. The molecule has 6 nitrogen and oxygen atoms in total. The molecule has 0 fully saturated rings. The summed E-state index contributed by atoms with van der Waals surface area (Å²) in [7, 11) is 1.42. The lowest BCUT2D eigenvalue weighted by molar-refractivity contribution is -0.117. The molecule has 0 unspecified atom stereocenters. The Morgan fingerprint density at radius 3 is 2.36 bits per heavy atom. The molecule has 1 amide bonds. The molecule has 1 aromatic carbocycles. The Bertz CT molecular complexity index is 566. The van der Waals surface area contributed by atoms with Crippen LogP contribution < -0.4 is 15.2 Å². The number of methoxy groups -OCH3 is 1. The molecule has 2 N–H and O–H groups in total. The summed E-state index contributed by atoms with van der Waals surface area (Å²) in [5.41, 5.74) is 5.69. The average Bonchev–Trinajstić information content (AvgIpc) is 2.36. The Hall–Kier alpha value is -1.95. The molecule has 0 aliphatic rings. The number of carbonyl (C=O) groups excluding carboxylic acids is 2. The predicted octanol–water partition coefficient (Wildman–Crippen LogP) is 2.78. The van der Waals surface area contributed by atoms with E-state index in [1.807, 2.05) is 0 Å². The lowest BCUT2D eigenvalue weighted by Crippen LogP contribution is -2.26. The Labute approximate surface area is 134 Å². The maximum atomic E-state index is 11.8. The molecule has 22 heavy (non-hydrogen) atoms. The van der Waals surface area contributed by atoms with Gasteiger partial charge in [-0.3, -0.25) is 4.79 Å². The Morgan fingerprint density at radius 2 is 1.91 bits per heavy atom. The number of alkyl halides is 1. The molecule has 0 spiro atoms. The summed E-state index contributed by atoms with van der Waals surface area (Å²) in [4.78, 5) is 22.8. The largest absolute Gasteiger partial charge is 0.514 e. The molecule has 0 aromatic heterocycles. The van der Waals surface area contributed by atoms with E-state index in [0.717, 1.165) is 0 Å². The number of rotatable bonds is 5. The Kier molecular flexibility index (Phi) is 6.05. The fourth-order valence-corrected chi connectivity index (χ4v) is 2.10. The second-order valence-electron chi connectivity index (χ2n) is 5.58. The van der Waals surface area contributed by atoms with Gasteiger partial charge in [-0.2, -0.15) is 0 Å². The predicted molar refractivity (Wildman–Crippen MR) is 82.3 cm³/mol. The van der Waals surface area contributed by atoms with Crippen LogP contribution in [0.4, 0.5) is 4.79 Å². The summed E-state index contributed by atoms with van der Waals surface area (Å²) < 4.78 is 15.5. The number of benzene rings is 1. The fraction of sp³-hybridized carbons (Fsp3) is 0.467. The van der Waals surface area contributed by atoms with Crippen molar-refractivity contribution in [2.24, 2.45) is 5.73 Å². The van der Waals surface area contributed by atoms with Gasteiger partial charge >= 0.3 is 6.16 Å². The molecule has 0 aliphatic carbocycles. The minimum absolute atomic E-state index is 0.0190. The molecule has 0 bridgehead atoms. The molecule has 0 heterocycles. The van der Waals surface area contributed by atoms with Gasteiger partial charge in [0.1, 0.15) is 5.60 Å². The smallest absolute Gasteiger partial charge is 0.492 e. The van der Waals surface area contributed by atoms with Crippen LogP contribution in [0.5, 0.6) is 11.5 Å². The highest BCUT2D eigenvalue weighted by molar-refractivity contribution is 6.17. The van der Waals surface area contributed by atoms with E-state index in [0.29, 0.717) is 11.1 Å². The van der Waals surface area contributed by atoms with Crippen LogP contribution in [0, 0.1) is 0 Å². The molecular weight excluding hydrogens is 310 g/mol. The number of nitrogens with two attached hydrogens (primary N) is 1. The highest BCUT2D eigenvalue weighted by Crippen LogP contribution is 2.35. The first-order chi connectivity index (χ1) is 10.2. The van der Waals surface area contributed by atoms with E-state index in [-0.39, 0.29) is 23.8 Å². The highest BCUT2D eigenvalue weighted by atomic mass is 35.5. The molecule has 1 rings (SSSR count). The van der Waals surface area contributed by atoms with Crippen LogP contribution in [0.15, 0.2) is 12.1 Å². The van der Waals surface area contributed by atoms with Crippen molar-refractivity contribution in [1.29, 1.82) is 0 Å². The van der Waals surface area contributed by atoms with E-state index in [1.165, 1.54) is 13.2 Å². The molecule has 0 saturated heterocycles. The van der Waals surface area contributed by atoms with E-state index < -0.39 is 17.7 Å². The van der Waals surface area contributed by atoms with Crippen molar-refractivity contribution < 1.29 is 23.8 Å². The third-order valence-corrected chi connectivity index (χ3v) is 2.87. The summed E-state index contributed by atoms with van der Waals surface area (Å²) in [5.74, 6) is 0.0339. The summed E-state index contributed by atoms with van der Waals surface area (Å²) in [6, 6.07) is 3.13. The zero-order valence-electron chi connectivity index (χ0n) is 13.1. The van der Waals surface area contributed by atoms with Gasteiger partial charge in [-0.05, 0) is 32.4 Å². The van der Waals surface area contributed by atoms with Crippen molar-refractivity contribution >= 4 is 23.7 Å². The lowest BCUT2D eigenvalue weighted by Gasteiger charge is -2.20. The number of hydrogen-bond donors (Lipinski definition) is 1. The number of primary amides is 1. The highest BCUT2D eigenvalue weighted by Gasteiger charge is 2.22. The fourth-order valence-electron chi connectivity index (χ4n) is 1.81. The maximum Gasteiger partial charge on any atom is 0.514 e. The van der Waals surface area contributed by atoms with Crippen LogP contribution in [-0.4, -0.2) is 24.8 Å². The van der Waals surface area contributed by atoms with Gasteiger partial charge in [0.15, 0.2) is 11.5 Å². The van der Waals surface area contributed by atoms with Gasteiger partial charge in [-0.25, -0.2) is 4.79 Å². The van der Waals surface area contributed by atoms with E-state index in [4.69, 9.17) is 31.5 Å².